The van der Waals surface area contributed by atoms with E-state index in [4.69, 9.17) is 0 Å². The van der Waals surface area contributed by atoms with Crippen LogP contribution in [0.1, 0.15) is 47.9 Å². The predicted molar refractivity (Wildman–Crippen MR) is 102 cm³/mol. The van der Waals surface area contributed by atoms with Crippen LogP contribution in [0.5, 0.6) is 0 Å². The molecule has 4 nitrogen and oxygen atoms in total. The molecule has 1 heterocycles. The monoisotopic (exact) mass is 361 g/mol. The summed E-state index contributed by atoms with van der Waals surface area (Å²) in [6, 6.07) is 16.8. The molecule has 1 N–H and O–H groups in total. The number of nitrogens with one attached hydrogen (secondary N) is 1. The van der Waals surface area contributed by atoms with Crippen LogP contribution in [-0.4, -0.2) is 36.5 Å². The first-order valence-corrected chi connectivity index (χ1v) is 10.0. The smallest absolute Gasteiger partial charge is 0.238 e. The van der Waals surface area contributed by atoms with Crippen LogP contribution in [0.2, 0.25) is 0 Å². The number of imide groups is 1. The van der Waals surface area contributed by atoms with Gasteiger partial charge in [0.2, 0.25) is 11.8 Å². The van der Waals surface area contributed by atoms with Gasteiger partial charge in [-0.25, -0.2) is 4.90 Å². The molecule has 6 rings (SSSR count). The van der Waals surface area contributed by atoms with Gasteiger partial charge >= 0.3 is 0 Å². The largest absolute Gasteiger partial charge is 0.318 e. The maximum Gasteiger partial charge on any atom is 0.238 e. The molecule has 4 heteroatoms. The highest BCUT2D eigenvalue weighted by Crippen LogP contribution is 2.60. The van der Waals surface area contributed by atoms with Gasteiger partial charge in [-0.3, -0.25) is 9.59 Å². The lowest BCUT2D eigenvalue weighted by Gasteiger charge is -2.45. The highest BCUT2D eigenvalue weighted by atomic mass is 16.2. The number of carbonyl (C=O) groups is 2. The summed E-state index contributed by atoms with van der Waals surface area (Å²) in [7, 11) is 0. The van der Waals surface area contributed by atoms with E-state index in [0.29, 0.717) is 6.67 Å². The van der Waals surface area contributed by atoms with Crippen LogP contribution in [0.4, 0.5) is 0 Å². The molecule has 2 aromatic rings. The molecule has 0 aromatic heterocycles. The van der Waals surface area contributed by atoms with E-state index >= 15 is 0 Å². The Hall–Kier alpha value is -2.46. The third kappa shape index (κ3) is 2.13. The quantitative estimate of drug-likeness (QED) is 0.844. The van der Waals surface area contributed by atoms with E-state index < -0.39 is 0 Å². The summed E-state index contributed by atoms with van der Waals surface area (Å²) in [5.74, 6) is -0.433. The fourth-order valence-corrected chi connectivity index (χ4v) is 5.59. The van der Waals surface area contributed by atoms with Gasteiger partial charge in [0.15, 0.2) is 6.67 Å². The van der Waals surface area contributed by atoms with Gasteiger partial charge in [0.25, 0.3) is 0 Å². The summed E-state index contributed by atoms with van der Waals surface area (Å²) in [5.41, 5.74) is 4.95. The molecule has 2 amide bonds. The molecule has 1 fully saturated rings. The van der Waals surface area contributed by atoms with E-state index in [9.17, 15) is 9.59 Å². The van der Waals surface area contributed by atoms with Crippen LogP contribution in [0.3, 0.4) is 0 Å². The van der Waals surface area contributed by atoms with Gasteiger partial charge in [-0.15, -0.1) is 0 Å². The van der Waals surface area contributed by atoms with Crippen molar-refractivity contribution in [3.8, 4) is 0 Å². The lowest BCUT2D eigenvalue weighted by atomic mass is 9.55. The SMILES string of the molecule is CC[NH+](CC)CN1C(=O)[C@@H]2C3c4ccccc4C(c4ccccc43)[C@@H]2C1=O. The number of hydrogen-bond donors (Lipinski definition) is 1. The molecular weight excluding hydrogens is 336 g/mol. The summed E-state index contributed by atoms with van der Waals surface area (Å²) >= 11 is 0. The van der Waals surface area contributed by atoms with Gasteiger partial charge in [-0.05, 0) is 36.1 Å². The van der Waals surface area contributed by atoms with Crippen molar-refractivity contribution in [3.05, 3.63) is 70.8 Å². The zero-order valence-electron chi connectivity index (χ0n) is 15.8. The fraction of sp³-hybridized carbons (Fsp3) is 0.391. The van der Waals surface area contributed by atoms with Crippen molar-refractivity contribution >= 4 is 11.8 Å². The lowest BCUT2D eigenvalue weighted by molar-refractivity contribution is -0.903. The maximum atomic E-state index is 13.4. The first-order chi connectivity index (χ1) is 13.2. The third-order valence-corrected chi connectivity index (χ3v) is 6.92. The van der Waals surface area contributed by atoms with Crippen molar-refractivity contribution in [3.63, 3.8) is 0 Å². The molecule has 0 unspecified atom stereocenters. The van der Waals surface area contributed by atoms with E-state index in [2.05, 4.69) is 62.4 Å². The zero-order chi connectivity index (χ0) is 18.7. The Morgan fingerprint density at radius 3 is 1.44 bits per heavy atom. The minimum atomic E-state index is -0.248. The molecule has 1 saturated heterocycles. The Morgan fingerprint density at radius 2 is 1.11 bits per heavy atom. The minimum Gasteiger partial charge on any atom is -0.318 e. The van der Waals surface area contributed by atoms with Crippen molar-refractivity contribution in [2.75, 3.05) is 19.8 Å². The molecule has 3 aliphatic carbocycles. The van der Waals surface area contributed by atoms with E-state index in [0.717, 1.165) is 13.1 Å². The normalized spacial score (nSPS) is 27.7. The Balaban J connectivity index is 1.65. The van der Waals surface area contributed by atoms with Crippen LogP contribution in [0.25, 0.3) is 0 Å². The van der Waals surface area contributed by atoms with Crippen molar-refractivity contribution < 1.29 is 14.5 Å². The van der Waals surface area contributed by atoms with Crippen molar-refractivity contribution in [2.45, 2.75) is 25.7 Å². The molecule has 0 radical (unpaired) electrons. The molecule has 27 heavy (non-hydrogen) atoms. The molecule has 2 aromatic carbocycles. The molecule has 0 spiro atoms. The Kier molecular flexibility index (Phi) is 3.73. The van der Waals surface area contributed by atoms with Crippen molar-refractivity contribution in [2.24, 2.45) is 11.8 Å². The molecule has 2 atom stereocenters. The van der Waals surface area contributed by atoms with E-state index in [-0.39, 0.29) is 35.5 Å². The number of rotatable bonds is 4. The standard InChI is InChI=1S/C23H24N2O2/c1-3-24(4-2)13-25-22(26)20-18-14-9-5-6-10-15(14)19(21(20)23(25)27)17-12-8-7-11-16(17)18/h5-12,18-21H,3-4,13H2,1-2H3/p+1/t18?,19?,20-,21+. The third-order valence-electron chi connectivity index (χ3n) is 6.92. The average molecular weight is 361 g/mol. The number of nitrogens with zero attached hydrogens (tertiary/aromatic N) is 1. The highest BCUT2D eigenvalue weighted by Gasteiger charge is 2.61. The second kappa shape index (κ2) is 6.03. The summed E-state index contributed by atoms with van der Waals surface area (Å²) in [5, 5.41) is 0. The van der Waals surface area contributed by atoms with Gasteiger partial charge in [-0.2, -0.15) is 0 Å². The zero-order valence-corrected chi connectivity index (χ0v) is 15.8. The van der Waals surface area contributed by atoms with Crippen molar-refractivity contribution in [1.29, 1.82) is 0 Å². The Morgan fingerprint density at radius 1 is 0.741 bits per heavy atom. The first kappa shape index (κ1) is 16.7. The van der Waals surface area contributed by atoms with Gasteiger partial charge < -0.3 is 4.90 Å². The molecule has 4 aliphatic rings. The molecule has 138 valence electrons. The summed E-state index contributed by atoms with van der Waals surface area (Å²) in [6.07, 6.45) is 0. The summed E-state index contributed by atoms with van der Waals surface area (Å²) in [6.45, 7) is 6.52. The van der Waals surface area contributed by atoms with E-state index in [1.54, 1.807) is 4.90 Å². The predicted octanol–water partition coefficient (Wildman–Crippen LogP) is 1.76. The van der Waals surface area contributed by atoms with Gasteiger partial charge in [0, 0.05) is 11.8 Å². The van der Waals surface area contributed by atoms with Crippen LogP contribution in [0.15, 0.2) is 48.5 Å². The number of amides is 2. The molecule has 2 bridgehead atoms. The second-order valence-corrected chi connectivity index (χ2v) is 7.98. The van der Waals surface area contributed by atoms with Crippen LogP contribution >= 0.6 is 0 Å². The minimum absolute atomic E-state index is 0.000512. The summed E-state index contributed by atoms with van der Waals surface area (Å²) in [4.78, 5) is 29.7. The van der Waals surface area contributed by atoms with Crippen molar-refractivity contribution in [1.82, 2.24) is 4.90 Å². The van der Waals surface area contributed by atoms with Crippen LogP contribution < -0.4 is 4.90 Å². The van der Waals surface area contributed by atoms with E-state index in [1.807, 2.05) is 0 Å². The first-order valence-electron chi connectivity index (χ1n) is 10.0. The lowest BCUT2D eigenvalue weighted by Crippen LogP contribution is -3.13. The topological polar surface area (TPSA) is 41.8 Å². The number of likely N-dealkylation sites (tertiary alicyclic amines) is 1. The number of hydrogen-bond acceptors (Lipinski definition) is 2. The number of quaternary nitrogens is 1. The molecule has 0 saturated carbocycles. The van der Waals surface area contributed by atoms with Gasteiger partial charge in [0.1, 0.15) is 0 Å². The van der Waals surface area contributed by atoms with Crippen LogP contribution in [0, 0.1) is 11.8 Å². The summed E-state index contributed by atoms with van der Waals surface area (Å²) < 4.78 is 0. The second-order valence-electron chi connectivity index (χ2n) is 7.98. The molecular formula is C23H25N2O2+. The Bertz CT molecular complexity index is 818. The number of carbonyl (C=O) groups excluding carboxylic acids is 2. The highest BCUT2D eigenvalue weighted by molar-refractivity contribution is 6.07. The van der Waals surface area contributed by atoms with E-state index in [1.165, 1.54) is 27.2 Å². The Labute approximate surface area is 159 Å². The number of benzene rings is 2. The average Bonchev–Trinajstić information content (AvgIpc) is 2.97. The fourth-order valence-electron chi connectivity index (χ4n) is 5.59. The van der Waals surface area contributed by atoms with Gasteiger partial charge in [0.05, 0.1) is 24.9 Å². The van der Waals surface area contributed by atoms with Crippen LogP contribution in [-0.2, 0) is 9.59 Å². The van der Waals surface area contributed by atoms with Gasteiger partial charge in [-0.1, -0.05) is 48.5 Å². The molecule has 1 aliphatic heterocycles. The maximum absolute atomic E-state index is 13.4.